The van der Waals surface area contributed by atoms with Gasteiger partial charge in [0.15, 0.2) is 0 Å². The van der Waals surface area contributed by atoms with Gasteiger partial charge in [-0.25, -0.2) is 0 Å². The van der Waals surface area contributed by atoms with Crippen LogP contribution in [0.15, 0.2) is 0 Å². The fraction of sp³-hybridized carbons (Fsp3) is 0.929. The van der Waals surface area contributed by atoms with E-state index in [1.54, 1.807) is 7.11 Å². The first-order chi connectivity index (χ1) is 8.25. The van der Waals surface area contributed by atoms with Crippen LogP contribution in [0.3, 0.4) is 0 Å². The lowest BCUT2D eigenvalue weighted by molar-refractivity contribution is -0.890. The standard InChI is InChI=1S/C14H30NO3/c1-7-14(2,3)13(16)18-11-8-9-15(4,5)10-12-17-6/h7-12H2,1-6H3/q+1. The minimum Gasteiger partial charge on any atom is -0.465 e. The third-order valence-electron chi connectivity index (χ3n) is 3.48. The van der Waals surface area contributed by atoms with Crippen LogP contribution in [0.1, 0.15) is 33.6 Å². The minimum atomic E-state index is -0.361. The maximum absolute atomic E-state index is 11.7. The third kappa shape index (κ3) is 6.97. The Morgan fingerprint density at radius 3 is 2.28 bits per heavy atom. The highest BCUT2D eigenvalue weighted by Crippen LogP contribution is 2.21. The Labute approximate surface area is 112 Å². The van der Waals surface area contributed by atoms with Gasteiger partial charge in [-0.05, 0) is 20.3 Å². The molecule has 4 nitrogen and oxygen atoms in total. The summed E-state index contributed by atoms with van der Waals surface area (Å²) in [6.07, 6.45) is 1.70. The molecule has 0 saturated carbocycles. The van der Waals surface area contributed by atoms with Crippen LogP contribution in [0.2, 0.25) is 0 Å². The van der Waals surface area contributed by atoms with E-state index in [0.717, 1.165) is 37.0 Å². The van der Waals surface area contributed by atoms with Crippen molar-refractivity contribution in [2.45, 2.75) is 33.6 Å². The molecule has 0 amide bonds. The smallest absolute Gasteiger partial charge is 0.311 e. The number of carbonyl (C=O) groups is 1. The van der Waals surface area contributed by atoms with Crippen LogP contribution in [-0.4, -0.2) is 58.0 Å². The van der Waals surface area contributed by atoms with Crippen molar-refractivity contribution in [1.29, 1.82) is 0 Å². The van der Waals surface area contributed by atoms with Gasteiger partial charge in [-0.3, -0.25) is 4.79 Å². The van der Waals surface area contributed by atoms with E-state index in [2.05, 4.69) is 14.1 Å². The maximum Gasteiger partial charge on any atom is 0.311 e. The lowest BCUT2D eigenvalue weighted by atomic mass is 9.91. The van der Waals surface area contributed by atoms with E-state index in [9.17, 15) is 4.79 Å². The average Bonchev–Trinajstić information content (AvgIpc) is 2.31. The summed E-state index contributed by atoms with van der Waals surface area (Å²) in [6, 6.07) is 0. The Morgan fingerprint density at radius 1 is 1.17 bits per heavy atom. The molecule has 0 aliphatic carbocycles. The molecule has 0 aromatic heterocycles. The molecule has 0 aliphatic heterocycles. The van der Waals surface area contributed by atoms with E-state index in [-0.39, 0.29) is 11.4 Å². The Balaban J connectivity index is 3.83. The van der Waals surface area contributed by atoms with Gasteiger partial charge in [0, 0.05) is 13.5 Å². The first-order valence-corrected chi connectivity index (χ1v) is 6.73. The van der Waals surface area contributed by atoms with Gasteiger partial charge in [-0.2, -0.15) is 0 Å². The summed E-state index contributed by atoms with van der Waals surface area (Å²) in [7, 11) is 6.04. The van der Waals surface area contributed by atoms with E-state index in [1.165, 1.54) is 0 Å². The van der Waals surface area contributed by atoms with E-state index >= 15 is 0 Å². The van der Waals surface area contributed by atoms with Gasteiger partial charge in [-0.15, -0.1) is 0 Å². The fourth-order valence-electron chi connectivity index (χ4n) is 1.45. The lowest BCUT2D eigenvalue weighted by Crippen LogP contribution is -2.43. The molecule has 0 bridgehead atoms. The second kappa shape index (κ2) is 7.74. The number of quaternary nitrogens is 1. The SMILES string of the molecule is CCC(C)(C)C(=O)OCCC[N+](C)(C)CCOC. The minimum absolute atomic E-state index is 0.0906. The van der Waals surface area contributed by atoms with E-state index in [1.807, 2.05) is 20.8 Å². The third-order valence-corrected chi connectivity index (χ3v) is 3.48. The number of methoxy groups -OCH3 is 1. The van der Waals surface area contributed by atoms with E-state index < -0.39 is 0 Å². The summed E-state index contributed by atoms with van der Waals surface area (Å²) >= 11 is 0. The van der Waals surface area contributed by atoms with Crippen molar-refractivity contribution in [1.82, 2.24) is 0 Å². The predicted molar refractivity (Wildman–Crippen MR) is 73.4 cm³/mol. The van der Waals surface area contributed by atoms with Crippen molar-refractivity contribution in [3.8, 4) is 0 Å². The summed E-state index contributed by atoms with van der Waals surface area (Å²) < 4.78 is 11.3. The summed E-state index contributed by atoms with van der Waals surface area (Å²) in [4.78, 5) is 11.7. The molecule has 0 N–H and O–H groups in total. The molecule has 0 saturated heterocycles. The molecule has 0 spiro atoms. The number of nitrogens with zero attached hydrogens (tertiary/aromatic N) is 1. The monoisotopic (exact) mass is 260 g/mol. The van der Waals surface area contributed by atoms with E-state index in [0.29, 0.717) is 6.61 Å². The van der Waals surface area contributed by atoms with Crippen molar-refractivity contribution in [2.75, 3.05) is 47.5 Å². The quantitative estimate of drug-likeness (QED) is 0.362. The average molecular weight is 260 g/mol. The van der Waals surface area contributed by atoms with Crippen LogP contribution < -0.4 is 0 Å². The molecular weight excluding hydrogens is 230 g/mol. The Bertz CT molecular complexity index is 249. The Morgan fingerprint density at radius 2 is 1.78 bits per heavy atom. The molecule has 108 valence electrons. The highest BCUT2D eigenvalue weighted by molar-refractivity contribution is 5.75. The second-order valence-corrected chi connectivity index (χ2v) is 6.10. The molecule has 0 atom stereocenters. The van der Waals surface area contributed by atoms with Gasteiger partial charge in [0.2, 0.25) is 0 Å². The van der Waals surface area contributed by atoms with Gasteiger partial charge in [0.05, 0.1) is 39.3 Å². The molecule has 4 heteroatoms. The first kappa shape index (κ1) is 17.4. The summed E-state index contributed by atoms with van der Waals surface area (Å²) in [5, 5.41) is 0. The molecule has 0 unspecified atom stereocenters. The van der Waals surface area contributed by atoms with Crippen LogP contribution in [0.25, 0.3) is 0 Å². The zero-order valence-corrected chi connectivity index (χ0v) is 12.9. The summed E-state index contributed by atoms with van der Waals surface area (Å²) in [5.41, 5.74) is -0.361. The van der Waals surface area contributed by atoms with Crippen molar-refractivity contribution in [3.05, 3.63) is 0 Å². The Hall–Kier alpha value is -0.610. The van der Waals surface area contributed by atoms with Gasteiger partial charge < -0.3 is 14.0 Å². The normalized spacial score (nSPS) is 12.6. The van der Waals surface area contributed by atoms with Crippen molar-refractivity contribution >= 4 is 5.97 Å². The number of ether oxygens (including phenoxy) is 2. The number of carbonyl (C=O) groups excluding carboxylic acids is 1. The highest BCUT2D eigenvalue weighted by Gasteiger charge is 2.27. The lowest BCUT2D eigenvalue weighted by Gasteiger charge is -2.29. The largest absolute Gasteiger partial charge is 0.465 e. The highest BCUT2D eigenvalue weighted by atomic mass is 16.5. The molecule has 0 aromatic rings. The molecule has 0 radical (unpaired) electrons. The number of likely N-dealkylation sites (N-methyl/N-ethyl adjacent to an activating group) is 1. The predicted octanol–water partition coefficient (Wildman–Crippen LogP) is 2.08. The zero-order chi connectivity index (χ0) is 14.2. The van der Waals surface area contributed by atoms with Crippen LogP contribution >= 0.6 is 0 Å². The number of esters is 1. The van der Waals surface area contributed by atoms with E-state index in [4.69, 9.17) is 9.47 Å². The molecule has 0 aromatic carbocycles. The van der Waals surface area contributed by atoms with Crippen LogP contribution in [0.5, 0.6) is 0 Å². The number of hydrogen-bond acceptors (Lipinski definition) is 3. The zero-order valence-electron chi connectivity index (χ0n) is 12.9. The van der Waals surface area contributed by atoms with Gasteiger partial charge in [0.1, 0.15) is 6.54 Å². The summed E-state index contributed by atoms with van der Waals surface area (Å²) in [5.74, 6) is -0.0906. The van der Waals surface area contributed by atoms with Crippen LogP contribution in [0.4, 0.5) is 0 Å². The Kier molecular flexibility index (Phi) is 7.48. The van der Waals surface area contributed by atoms with Gasteiger partial charge in [-0.1, -0.05) is 6.92 Å². The number of rotatable bonds is 9. The van der Waals surface area contributed by atoms with Crippen molar-refractivity contribution in [2.24, 2.45) is 5.41 Å². The fourth-order valence-corrected chi connectivity index (χ4v) is 1.45. The van der Waals surface area contributed by atoms with Crippen molar-refractivity contribution < 1.29 is 18.8 Å². The van der Waals surface area contributed by atoms with Gasteiger partial charge in [0.25, 0.3) is 0 Å². The molecular formula is C14H30NO3+. The van der Waals surface area contributed by atoms with Gasteiger partial charge >= 0.3 is 5.97 Å². The first-order valence-electron chi connectivity index (χ1n) is 6.73. The van der Waals surface area contributed by atoms with Crippen LogP contribution in [-0.2, 0) is 14.3 Å². The summed E-state index contributed by atoms with van der Waals surface area (Å²) in [6.45, 7) is 9.09. The topological polar surface area (TPSA) is 35.5 Å². The molecule has 0 aliphatic rings. The molecule has 0 heterocycles. The number of hydrogen-bond donors (Lipinski definition) is 0. The van der Waals surface area contributed by atoms with Crippen LogP contribution in [0, 0.1) is 5.41 Å². The van der Waals surface area contributed by atoms with Crippen molar-refractivity contribution in [3.63, 3.8) is 0 Å². The molecule has 18 heavy (non-hydrogen) atoms. The molecule has 0 rings (SSSR count). The molecule has 0 fully saturated rings. The second-order valence-electron chi connectivity index (χ2n) is 6.10. The maximum atomic E-state index is 11.7.